The molecule has 1 aromatic carbocycles. The molecular formula is C14H12N4O. The summed E-state index contributed by atoms with van der Waals surface area (Å²) in [5, 5.41) is 11.4. The predicted molar refractivity (Wildman–Crippen MR) is 72.5 cm³/mol. The third kappa shape index (κ3) is 3.07. The van der Waals surface area contributed by atoms with Gasteiger partial charge in [0.2, 0.25) is 0 Å². The van der Waals surface area contributed by atoms with E-state index in [1.54, 1.807) is 37.3 Å². The van der Waals surface area contributed by atoms with E-state index in [1.807, 2.05) is 6.07 Å². The number of nitrogens with two attached hydrogens (primary N) is 1. The van der Waals surface area contributed by atoms with Crippen molar-refractivity contribution >= 4 is 17.4 Å². The van der Waals surface area contributed by atoms with Gasteiger partial charge >= 0.3 is 0 Å². The smallest absolute Gasteiger partial charge is 0.255 e. The van der Waals surface area contributed by atoms with Crippen molar-refractivity contribution in [1.29, 1.82) is 5.26 Å². The van der Waals surface area contributed by atoms with E-state index in [9.17, 15) is 4.79 Å². The zero-order chi connectivity index (χ0) is 13.8. The summed E-state index contributed by atoms with van der Waals surface area (Å²) in [5.41, 5.74) is 7.91. The summed E-state index contributed by atoms with van der Waals surface area (Å²) >= 11 is 0. The molecule has 0 saturated carbocycles. The summed E-state index contributed by atoms with van der Waals surface area (Å²) in [7, 11) is 0. The first-order valence-corrected chi connectivity index (χ1v) is 5.64. The zero-order valence-electron chi connectivity index (χ0n) is 10.3. The second-order valence-electron chi connectivity index (χ2n) is 4.07. The predicted octanol–water partition coefficient (Wildman–Crippen LogP) is 2.10. The zero-order valence-corrected chi connectivity index (χ0v) is 10.3. The third-order valence-corrected chi connectivity index (χ3v) is 2.51. The summed E-state index contributed by atoms with van der Waals surface area (Å²) in [6.07, 6.45) is 0. The molecule has 0 radical (unpaired) electrons. The number of benzene rings is 1. The first-order chi connectivity index (χ1) is 9.08. The molecule has 0 saturated heterocycles. The molecule has 19 heavy (non-hydrogen) atoms. The number of nitrogen functional groups attached to an aromatic ring is 1. The molecule has 0 fully saturated rings. The van der Waals surface area contributed by atoms with Crippen LogP contribution in [-0.4, -0.2) is 10.9 Å². The van der Waals surface area contributed by atoms with Gasteiger partial charge in [0, 0.05) is 16.9 Å². The number of hydrogen-bond donors (Lipinski definition) is 2. The van der Waals surface area contributed by atoms with Crippen LogP contribution < -0.4 is 11.1 Å². The van der Waals surface area contributed by atoms with Crippen LogP contribution in [0.1, 0.15) is 21.6 Å². The second-order valence-corrected chi connectivity index (χ2v) is 4.07. The molecule has 3 N–H and O–H groups in total. The van der Waals surface area contributed by atoms with Crippen molar-refractivity contribution in [2.45, 2.75) is 6.92 Å². The SMILES string of the molecule is Cc1cc(C(=O)Nc2ccc(C#N)cc2)cc(N)n1. The van der Waals surface area contributed by atoms with Gasteiger partial charge < -0.3 is 11.1 Å². The number of nitriles is 1. The number of nitrogens with zero attached hydrogens (tertiary/aromatic N) is 2. The molecule has 94 valence electrons. The molecule has 1 aromatic heterocycles. The lowest BCUT2D eigenvalue weighted by molar-refractivity contribution is 0.102. The first-order valence-electron chi connectivity index (χ1n) is 5.64. The van der Waals surface area contributed by atoms with E-state index in [0.717, 1.165) is 0 Å². The molecule has 0 unspecified atom stereocenters. The molecule has 5 heteroatoms. The van der Waals surface area contributed by atoms with Crippen molar-refractivity contribution < 1.29 is 4.79 Å². The highest BCUT2D eigenvalue weighted by Crippen LogP contribution is 2.12. The lowest BCUT2D eigenvalue weighted by atomic mass is 10.2. The van der Waals surface area contributed by atoms with E-state index in [1.165, 1.54) is 6.07 Å². The lowest BCUT2D eigenvalue weighted by Gasteiger charge is -2.06. The number of hydrogen-bond acceptors (Lipinski definition) is 4. The summed E-state index contributed by atoms with van der Waals surface area (Å²) < 4.78 is 0. The quantitative estimate of drug-likeness (QED) is 0.856. The van der Waals surface area contributed by atoms with Crippen molar-refractivity contribution in [3.63, 3.8) is 0 Å². The van der Waals surface area contributed by atoms with E-state index >= 15 is 0 Å². The van der Waals surface area contributed by atoms with Crippen LogP contribution >= 0.6 is 0 Å². The Balaban J connectivity index is 2.18. The number of nitrogens with one attached hydrogen (secondary N) is 1. The van der Waals surface area contributed by atoms with Crippen molar-refractivity contribution in [3.8, 4) is 6.07 Å². The Morgan fingerprint density at radius 2 is 2.00 bits per heavy atom. The molecular weight excluding hydrogens is 240 g/mol. The van der Waals surface area contributed by atoms with Gasteiger partial charge in [0.05, 0.1) is 11.6 Å². The minimum absolute atomic E-state index is 0.262. The molecule has 0 aliphatic carbocycles. The van der Waals surface area contributed by atoms with E-state index < -0.39 is 0 Å². The van der Waals surface area contributed by atoms with E-state index in [-0.39, 0.29) is 5.91 Å². The second kappa shape index (κ2) is 5.19. The molecule has 2 rings (SSSR count). The highest BCUT2D eigenvalue weighted by atomic mass is 16.1. The highest BCUT2D eigenvalue weighted by Gasteiger charge is 2.08. The number of aryl methyl sites for hydroxylation is 1. The van der Waals surface area contributed by atoms with E-state index in [0.29, 0.717) is 28.3 Å². The summed E-state index contributed by atoms with van der Waals surface area (Å²) in [6.45, 7) is 1.77. The molecule has 1 heterocycles. The van der Waals surface area contributed by atoms with Crippen LogP contribution in [0.5, 0.6) is 0 Å². The van der Waals surface area contributed by atoms with Gasteiger partial charge in [-0.25, -0.2) is 4.98 Å². The number of anilines is 2. The van der Waals surface area contributed by atoms with Crippen LogP contribution in [-0.2, 0) is 0 Å². The molecule has 0 aliphatic heterocycles. The standard InChI is InChI=1S/C14H12N4O/c1-9-6-11(7-13(16)17-9)14(19)18-12-4-2-10(8-15)3-5-12/h2-7H,1H3,(H2,16,17)(H,18,19). The Morgan fingerprint density at radius 3 is 2.58 bits per heavy atom. The Labute approximate surface area is 110 Å². The molecule has 0 aliphatic rings. The average molecular weight is 252 g/mol. The Hall–Kier alpha value is -2.87. The van der Waals surface area contributed by atoms with Gasteiger partial charge in [-0.3, -0.25) is 4.79 Å². The van der Waals surface area contributed by atoms with Gasteiger partial charge in [0.25, 0.3) is 5.91 Å². The maximum absolute atomic E-state index is 12.0. The molecule has 0 atom stereocenters. The minimum Gasteiger partial charge on any atom is -0.384 e. The Kier molecular flexibility index (Phi) is 3.44. The van der Waals surface area contributed by atoms with Crippen molar-refractivity contribution in [2.75, 3.05) is 11.1 Å². The van der Waals surface area contributed by atoms with Crippen LogP contribution in [0.3, 0.4) is 0 Å². The Morgan fingerprint density at radius 1 is 1.32 bits per heavy atom. The van der Waals surface area contributed by atoms with Crippen molar-refractivity contribution in [3.05, 3.63) is 53.2 Å². The van der Waals surface area contributed by atoms with Crippen molar-refractivity contribution in [2.24, 2.45) is 0 Å². The molecule has 2 aromatic rings. The lowest BCUT2D eigenvalue weighted by Crippen LogP contribution is -2.13. The molecule has 5 nitrogen and oxygen atoms in total. The topological polar surface area (TPSA) is 91.8 Å². The number of amides is 1. The monoisotopic (exact) mass is 252 g/mol. The van der Waals surface area contributed by atoms with Gasteiger partial charge in [0.1, 0.15) is 5.82 Å². The number of carbonyl (C=O) groups excluding carboxylic acids is 1. The van der Waals surface area contributed by atoms with Crippen LogP contribution in [0.4, 0.5) is 11.5 Å². The fourth-order valence-electron chi connectivity index (χ4n) is 1.66. The fourth-order valence-corrected chi connectivity index (χ4v) is 1.66. The van der Waals surface area contributed by atoms with Gasteiger partial charge in [-0.2, -0.15) is 5.26 Å². The Bertz CT molecular complexity index is 636. The molecule has 0 spiro atoms. The number of aromatic nitrogens is 1. The van der Waals surface area contributed by atoms with E-state index in [2.05, 4.69) is 10.3 Å². The normalized spacial score (nSPS) is 9.68. The molecule has 1 amide bonds. The van der Waals surface area contributed by atoms with Gasteiger partial charge in [-0.05, 0) is 43.3 Å². The maximum atomic E-state index is 12.0. The van der Waals surface area contributed by atoms with Crippen LogP contribution in [0, 0.1) is 18.3 Å². The number of carbonyl (C=O) groups is 1. The summed E-state index contributed by atoms with van der Waals surface area (Å²) in [6, 6.07) is 11.8. The average Bonchev–Trinajstić information content (AvgIpc) is 2.38. The van der Waals surface area contributed by atoms with Crippen LogP contribution in [0.25, 0.3) is 0 Å². The van der Waals surface area contributed by atoms with Gasteiger partial charge in [-0.15, -0.1) is 0 Å². The van der Waals surface area contributed by atoms with Crippen LogP contribution in [0.2, 0.25) is 0 Å². The van der Waals surface area contributed by atoms with Gasteiger partial charge in [0.15, 0.2) is 0 Å². The largest absolute Gasteiger partial charge is 0.384 e. The highest BCUT2D eigenvalue weighted by molar-refractivity contribution is 6.04. The van der Waals surface area contributed by atoms with Crippen LogP contribution in [0.15, 0.2) is 36.4 Å². The van der Waals surface area contributed by atoms with Crippen molar-refractivity contribution in [1.82, 2.24) is 4.98 Å². The van der Waals surface area contributed by atoms with Gasteiger partial charge in [-0.1, -0.05) is 0 Å². The fraction of sp³-hybridized carbons (Fsp3) is 0.0714. The summed E-state index contributed by atoms with van der Waals surface area (Å²) in [4.78, 5) is 16.0. The number of pyridine rings is 1. The third-order valence-electron chi connectivity index (χ3n) is 2.51. The first kappa shape index (κ1) is 12.6. The number of rotatable bonds is 2. The van der Waals surface area contributed by atoms with E-state index in [4.69, 9.17) is 11.0 Å². The summed E-state index contributed by atoms with van der Waals surface area (Å²) in [5.74, 6) is 0.0480. The minimum atomic E-state index is -0.262. The maximum Gasteiger partial charge on any atom is 0.255 e. The molecule has 0 bridgehead atoms.